The number of hydrogen-bond acceptors (Lipinski definition) is 6. The van der Waals surface area contributed by atoms with Crippen LogP contribution in [0.5, 0.6) is 0 Å². The lowest BCUT2D eigenvalue weighted by Gasteiger charge is -2.14. The van der Waals surface area contributed by atoms with Gasteiger partial charge in [0, 0.05) is 37.5 Å². The minimum absolute atomic E-state index is 0.0737. The molecule has 1 amide bonds. The van der Waals surface area contributed by atoms with Crippen LogP contribution in [-0.4, -0.2) is 31.2 Å². The molecule has 2 aromatic heterocycles. The second kappa shape index (κ2) is 7.85. The summed E-state index contributed by atoms with van der Waals surface area (Å²) >= 11 is 0. The van der Waals surface area contributed by atoms with Crippen molar-refractivity contribution < 1.29 is 14.1 Å². The van der Waals surface area contributed by atoms with E-state index in [0.29, 0.717) is 18.5 Å². The zero-order chi connectivity index (χ0) is 19.4. The monoisotopic (exact) mass is 373 g/mol. The number of aryl methyl sites for hydroxylation is 1. The Hall–Kier alpha value is -3.43. The van der Waals surface area contributed by atoms with Gasteiger partial charge in [0.15, 0.2) is 5.58 Å². The first-order valence-electron chi connectivity index (χ1n) is 8.48. The quantitative estimate of drug-likeness (QED) is 0.473. The van der Waals surface area contributed by atoms with Crippen molar-refractivity contribution in [2.24, 2.45) is 0 Å². The average molecular weight is 373 g/mol. The van der Waals surface area contributed by atoms with Gasteiger partial charge in [0.25, 0.3) is 5.69 Å². The predicted molar refractivity (Wildman–Crippen MR) is 96.2 cm³/mol. The lowest BCUT2D eigenvalue weighted by molar-refractivity contribution is -0.384. The Morgan fingerprint density at radius 2 is 2.26 bits per heavy atom. The second-order valence-corrected chi connectivity index (χ2v) is 6.23. The minimum atomic E-state index is -0.599. The summed E-state index contributed by atoms with van der Waals surface area (Å²) < 4.78 is 8.18. The van der Waals surface area contributed by atoms with E-state index in [0.717, 1.165) is 0 Å². The van der Waals surface area contributed by atoms with Gasteiger partial charge in [-0.25, -0.2) is 4.79 Å². The fourth-order valence-electron chi connectivity index (χ4n) is 2.86. The largest absolute Gasteiger partial charge is 0.419 e. The number of benzene rings is 1. The summed E-state index contributed by atoms with van der Waals surface area (Å²) in [4.78, 5) is 34.3. The lowest BCUT2D eigenvalue weighted by Crippen LogP contribution is -2.35. The second-order valence-electron chi connectivity index (χ2n) is 6.23. The Morgan fingerprint density at radius 1 is 1.44 bits per heavy atom. The van der Waals surface area contributed by atoms with Gasteiger partial charge < -0.3 is 9.73 Å². The number of oxazole rings is 1. The summed E-state index contributed by atoms with van der Waals surface area (Å²) in [6.07, 6.45) is 4.18. The number of nitrogens with one attached hydrogen (secondary N) is 1. The van der Waals surface area contributed by atoms with E-state index in [4.69, 9.17) is 4.42 Å². The summed E-state index contributed by atoms with van der Waals surface area (Å²) in [5.41, 5.74) is 0.485. The van der Waals surface area contributed by atoms with Gasteiger partial charge in [-0.3, -0.25) is 24.2 Å². The lowest BCUT2D eigenvalue weighted by atomic mass is 10.2. The fourth-order valence-corrected chi connectivity index (χ4v) is 2.86. The van der Waals surface area contributed by atoms with Gasteiger partial charge in [-0.2, -0.15) is 5.10 Å². The van der Waals surface area contributed by atoms with Crippen LogP contribution in [0.25, 0.3) is 11.1 Å². The molecule has 3 aromatic rings. The molecule has 0 aliphatic rings. The zero-order valence-electron chi connectivity index (χ0n) is 14.7. The van der Waals surface area contributed by atoms with E-state index in [1.807, 2.05) is 19.2 Å². The van der Waals surface area contributed by atoms with Gasteiger partial charge in [-0.05, 0) is 25.5 Å². The smallest absolute Gasteiger partial charge is 0.407 e. The Morgan fingerprint density at radius 3 is 2.96 bits per heavy atom. The van der Waals surface area contributed by atoms with E-state index >= 15 is 0 Å². The van der Waals surface area contributed by atoms with Gasteiger partial charge in [0.2, 0.25) is 5.91 Å². The molecule has 142 valence electrons. The standard InChI is InChI=1S/C17H19N5O5/c1-12(11-20-8-3-7-18-20)19-16(23)4-2-9-21-14-6-5-13(22(25)26)10-15(14)27-17(21)24/h3,5-8,10,12H,2,4,9,11H2,1H3,(H,19,23)/t12-/m0/s1. The van der Waals surface area contributed by atoms with Crippen LogP contribution in [0.4, 0.5) is 5.69 Å². The van der Waals surface area contributed by atoms with Crippen LogP contribution in [0.15, 0.2) is 45.9 Å². The van der Waals surface area contributed by atoms with Crippen LogP contribution >= 0.6 is 0 Å². The number of nitro benzene ring substituents is 1. The molecule has 0 fully saturated rings. The Kier molecular flexibility index (Phi) is 5.34. The van der Waals surface area contributed by atoms with Gasteiger partial charge >= 0.3 is 5.76 Å². The first-order valence-corrected chi connectivity index (χ1v) is 8.48. The molecule has 0 bridgehead atoms. The fraction of sp³-hybridized carbons (Fsp3) is 0.353. The predicted octanol–water partition coefficient (Wildman–Crippen LogP) is 1.68. The maximum atomic E-state index is 12.1. The molecule has 1 N–H and O–H groups in total. The number of fused-ring (bicyclic) bond motifs is 1. The van der Waals surface area contributed by atoms with E-state index in [9.17, 15) is 19.7 Å². The van der Waals surface area contributed by atoms with E-state index in [1.54, 1.807) is 10.9 Å². The van der Waals surface area contributed by atoms with Crippen molar-refractivity contribution in [1.82, 2.24) is 19.7 Å². The highest BCUT2D eigenvalue weighted by Crippen LogP contribution is 2.20. The third kappa shape index (κ3) is 4.40. The molecule has 0 spiro atoms. The van der Waals surface area contributed by atoms with E-state index < -0.39 is 10.7 Å². The molecule has 0 radical (unpaired) electrons. The molecule has 27 heavy (non-hydrogen) atoms. The van der Waals surface area contributed by atoms with Gasteiger partial charge in [-0.1, -0.05) is 0 Å². The SMILES string of the molecule is C[C@@H](Cn1cccn1)NC(=O)CCCn1c(=O)oc2cc([N+](=O)[O-])ccc21. The normalized spacial score (nSPS) is 12.2. The number of aromatic nitrogens is 3. The van der Waals surface area contributed by atoms with Crippen LogP contribution in [0.2, 0.25) is 0 Å². The Bertz CT molecular complexity index is 1000. The molecule has 0 aliphatic carbocycles. The molecular weight excluding hydrogens is 354 g/mol. The molecule has 1 aromatic carbocycles. The number of amides is 1. The first-order chi connectivity index (χ1) is 12.9. The van der Waals surface area contributed by atoms with Crippen molar-refractivity contribution in [3.05, 3.63) is 57.3 Å². The number of non-ortho nitro benzene ring substituents is 1. The molecule has 0 saturated heterocycles. The van der Waals surface area contributed by atoms with Crippen LogP contribution < -0.4 is 11.1 Å². The van der Waals surface area contributed by atoms with Crippen LogP contribution in [0.3, 0.4) is 0 Å². The third-order valence-corrected chi connectivity index (χ3v) is 4.08. The van der Waals surface area contributed by atoms with Crippen molar-refractivity contribution in [2.75, 3.05) is 0 Å². The summed E-state index contributed by atoms with van der Waals surface area (Å²) in [5.74, 6) is -0.718. The highest BCUT2D eigenvalue weighted by Gasteiger charge is 2.14. The Balaban J connectivity index is 1.55. The first kappa shape index (κ1) is 18.4. The molecule has 10 heteroatoms. The highest BCUT2D eigenvalue weighted by molar-refractivity contribution is 5.77. The molecule has 0 aliphatic heterocycles. The molecule has 0 saturated carbocycles. The number of nitrogens with zero attached hydrogens (tertiary/aromatic N) is 4. The van der Waals surface area contributed by atoms with Crippen LogP contribution in [0.1, 0.15) is 19.8 Å². The molecule has 1 atom stereocenters. The number of rotatable bonds is 8. The maximum absolute atomic E-state index is 12.1. The molecule has 3 rings (SSSR count). The maximum Gasteiger partial charge on any atom is 0.419 e. The Labute approximate surface area is 153 Å². The summed E-state index contributed by atoms with van der Waals surface area (Å²) in [6, 6.07) is 5.75. The van der Waals surface area contributed by atoms with Crippen molar-refractivity contribution in [3.8, 4) is 0 Å². The van der Waals surface area contributed by atoms with Crippen molar-refractivity contribution >= 4 is 22.7 Å². The molecule has 0 unspecified atom stereocenters. The van der Waals surface area contributed by atoms with E-state index in [-0.39, 0.29) is 36.2 Å². The van der Waals surface area contributed by atoms with Gasteiger partial charge in [-0.15, -0.1) is 0 Å². The number of hydrogen-bond donors (Lipinski definition) is 1. The van der Waals surface area contributed by atoms with E-state index in [2.05, 4.69) is 10.4 Å². The molecular formula is C17H19N5O5. The van der Waals surface area contributed by atoms with Crippen molar-refractivity contribution in [3.63, 3.8) is 0 Å². The molecule has 10 nitrogen and oxygen atoms in total. The average Bonchev–Trinajstić information content (AvgIpc) is 3.21. The van der Waals surface area contributed by atoms with Crippen molar-refractivity contribution in [1.29, 1.82) is 0 Å². The molecule has 2 heterocycles. The van der Waals surface area contributed by atoms with Crippen molar-refractivity contribution in [2.45, 2.75) is 38.9 Å². The van der Waals surface area contributed by atoms with Crippen LogP contribution in [-0.2, 0) is 17.9 Å². The number of carbonyl (C=O) groups is 1. The zero-order valence-corrected chi connectivity index (χ0v) is 14.7. The number of carbonyl (C=O) groups excluding carboxylic acids is 1. The number of nitro groups is 1. The third-order valence-electron chi connectivity index (χ3n) is 4.08. The van der Waals surface area contributed by atoms with Crippen LogP contribution in [0, 0.1) is 10.1 Å². The van der Waals surface area contributed by atoms with Gasteiger partial charge in [0.1, 0.15) is 0 Å². The summed E-state index contributed by atoms with van der Waals surface area (Å²) in [5, 5.41) is 17.8. The minimum Gasteiger partial charge on any atom is -0.407 e. The highest BCUT2D eigenvalue weighted by atomic mass is 16.6. The topological polar surface area (TPSA) is 125 Å². The summed E-state index contributed by atoms with van der Waals surface area (Å²) in [6.45, 7) is 2.74. The van der Waals surface area contributed by atoms with Gasteiger partial charge in [0.05, 0.1) is 23.1 Å². The van der Waals surface area contributed by atoms with E-state index in [1.165, 1.54) is 22.8 Å². The summed E-state index contributed by atoms with van der Waals surface area (Å²) in [7, 11) is 0.